The topological polar surface area (TPSA) is 87.2 Å². The van der Waals surface area contributed by atoms with E-state index in [9.17, 15) is 9.59 Å². The van der Waals surface area contributed by atoms with E-state index in [1.54, 1.807) is 42.7 Å². The van der Waals surface area contributed by atoms with Gasteiger partial charge in [0.2, 0.25) is 11.9 Å². The minimum Gasteiger partial charge on any atom is -0.349 e. The van der Waals surface area contributed by atoms with Gasteiger partial charge in [-0.1, -0.05) is 12.8 Å². The second-order valence-corrected chi connectivity index (χ2v) is 7.86. The first-order valence-electron chi connectivity index (χ1n) is 10.4. The Kier molecular flexibility index (Phi) is 6.03. The summed E-state index contributed by atoms with van der Waals surface area (Å²) in [5.41, 5.74) is 1.33. The maximum atomic E-state index is 12.7. The number of hydrogen-bond donors (Lipinski definition) is 2. The van der Waals surface area contributed by atoms with Gasteiger partial charge >= 0.3 is 0 Å². The van der Waals surface area contributed by atoms with E-state index in [1.165, 1.54) is 12.8 Å². The third kappa shape index (κ3) is 4.91. The standard InChI is InChI=1S/C22H27N5O2/c28-20(25-18-6-1-2-7-18)16-8-10-19(11-9-16)26-21(29)17-5-3-14-27(15-17)22-23-12-4-13-24-22/h4,8-13,17-18H,1-3,5-7,14-15H2,(H,25,28)(H,26,29). The third-order valence-electron chi connectivity index (χ3n) is 5.73. The van der Waals surface area contributed by atoms with Crippen LogP contribution in [0.4, 0.5) is 11.6 Å². The van der Waals surface area contributed by atoms with Crippen LogP contribution >= 0.6 is 0 Å². The molecule has 2 heterocycles. The summed E-state index contributed by atoms with van der Waals surface area (Å²) in [7, 11) is 0. The van der Waals surface area contributed by atoms with Gasteiger partial charge in [-0.2, -0.15) is 0 Å². The van der Waals surface area contributed by atoms with Crippen molar-refractivity contribution < 1.29 is 9.59 Å². The minimum absolute atomic E-state index is 0.00575. The van der Waals surface area contributed by atoms with Gasteiger partial charge in [-0.25, -0.2) is 9.97 Å². The lowest BCUT2D eigenvalue weighted by atomic mass is 9.97. The van der Waals surface area contributed by atoms with Crippen molar-refractivity contribution in [2.24, 2.45) is 5.92 Å². The lowest BCUT2D eigenvalue weighted by Crippen LogP contribution is -2.41. The summed E-state index contributed by atoms with van der Waals surface area (Å²) < 4.78 is 0. The van der Waals surface area contributed by atoms with Gasteiger partial charge in [0.1, 0.15) is 0 Å². The first-order valence-corrected chi connectivity index (χ1v) is 10.4. The second-order valence-electron chi connectivity index (χ2n) is 7.86. The number of carbonyl (C=O) groups is 2. The number of anilines is 2. The fraction of sp³-hybridized carbons (Fsp3) is 0.455. The molecule has 29 heavy (non-hydrogen) atoms. The largest absolute Gasteiger partial charge is 0.349 e. The fourth-order valence-electron chi connectivity index (χ4n) is 4.12. The monoisotopic (exact) mass is 393 g/mol. The average molecular weight is 393 g/mol. The van der Waals surface area contributed by atoms with Gasteiger partial charge in [0.05, 0.1) is 5.92 Å². The van der Waals surface area contributed by atoms with Crippen LogP contribution in [-0.4, -0.2) is 40.9 Å². The number of carbonyl (C=O) groups excluding carboxylic acids is 2. The van der Waals surface area contributed by atoms with Crippen LogP contribution in [-0.2, 0) is 4.79 Å². The number of aromatic nitrogens is 2. The molecule has 1 aromatic heterocycles. The van der Waals surface area contributed by atoms with E-state index in [0.717, 1.165) is 32.2 Å². The van der Waals surface area contributed by atoms with E-state index in [1.807, 2.05) is 0 Å². The van der Waals surface area contributed by atoms with Gasteiger partial charge in [0.15, 0.2) is 0 Å². The van der Waals surface area contributed by atoms with Gasteiger partial charge in [-0.3, -0.25) is 9.59 Å². The highest BCUT2D eigenvalue weighted by Gasteiger charge is 2.27. The molecule has 1 aliphatic carbocycles. The van der Waals surface area contributed by atoms with Crippen LogP contribution in [0.3, 0.4) is 0 Å². The van der Waals surface area contributed by atoms with Crippen molar-refractivity contribution in [2.45, 2.75) is 44.6 Å². The van der Waals surface area contributed by atoms with Crippen LogP contribution < -0.4 is 15.5 Å². The second kappa shape index (κ2) is 9.03. The van der Waals surface area contributed by atoms with Gasteiger partial charge in [0, 0.05) is 42.8 Å². The molecule has 0 bridgehead atoms. The zero-order valence-corrected chi connectivity index (χ0v) is 16.5. The number of benzene rings is 1. The normalized spacial score (nSPS) is 19.7. The molecule has 1 saturated heterocycles. The summed E-state index contributed by atoms with van der Waals surface area (Å²) >= 11 is 0. The highest BCUT2D eigenvalue weighted by Crippen LogP contribution is 2.22. The minimum atomic E-state index is -0.113. The molecule has 2 amide bonds. The summed E-state index contributed by atoms with van der Waals surface area (Å²) in [5, 5.41) is 6.07. The van der Waals surface area contributed by atoms with E-state index in [2.05, 4.69) is 25.5 Å². The molecule has 0 spiro atoms. The zero-order valence-electron chi connectivity index (χ0n) is 16.5. The Morgan fingerprint density at radius 3 is 2.41 bits per heavy atom. The number of nitrogens with one attached hydrogen (secondary N) is 2. The molecule has 7 nitrogen and oxygen atoms in total. The van der Waals surface area contributed by atoms with Crippen molar-refractivity contribution >= 4 is 23.5 Å². The highest BCUT2D eigenvalue weighted by atomic mass is 16.2. The molecule has 152 valence electrons. The maximum Gasteiger partial charge on any atom is 0.251 e. The van der Waals surface area contributed by atoms with Gasteiger partial charge < -0.3 is 15.5 Å². The molecular formula is C22H27N5O2. The number of piperidine rings is 1. The first-order chi connectivity index (χ1) is 14.2. The molecule has 1 aromatic carbocycles. The molecule has 1 atom stereocenters. The van der Waals surface area contributed by atoms with Crippen LogP contribution in [0.15, 0.2) is 42.7 Å². The molecule has 2 N–H and O–H groups in total. The number of rotatable bonds is 5. The molecule has 4 rings (SSSR count). The lowest BCUT2D eigenvalue weighted by Gasteiger charge is -2.31. The zero-order chi connectivity index (χ0) is 20.1. The van der Waals surface area contributed by atoms with E-state index in [4.69, 9.17) is 0 Å². The van der Waals surface area contributed by atoms with Crippen molar-refractivity contribution in [3.8, 4) is 0 Å². The smallest absolute Gasteiger partial charge is 0.251 e. The van der Waals surface area contributed by atoms with E-state index in [-0.39, 0.29) is 17.7 Å². The van der Waals surface area contributed by atoms with Crippen molar-refractivity contribution in [3.63, 3.8) is 0 Å². The molecule has 1 unspecified atom stereocenters. The molecule has 2 aromatic rings. The molecule has 2 aliphatic rings. The summed E-state index contributed by atoms with van der Waals surface area (Å²) in [5.74, 6) is 0.509. The Morgan fingerprint density at radius 2 is 1.69 bits per heavy atom. The summed E-state index contributed by atoms with van der Waals surface area (Å²) in [6.45, 7) is 1.47. The lowest BCUT2D eigenvalue weighted by molar-refractivity contribution is -0.120. The Hall–Kier alpha value is -2.96. The van der Waals surface area contributed by atoms with E-state index in [0.29, 0.717) is 29.8 Å². The fourth-order valence-corrected chi connectivity index (χ4v) is 4.12. The molecule has 2 fully saturated rings. The highest BCUT2D eigenvalue weighted by molar-refractivity contribution is 5.96. The number of hydrogen-bond acceptors (Lipinski definition) is 5. The van der Waals surface area contributed by atoms with Crippen LogP contribution in [0.2, 0.25) is 0 Å². The van der Waals surface area contributed by atoms with Crippen LogP contribution in [0.5, 0.6) is 0 Å². The average Bonchev–Trinajstić information content (AvgIpc) is 3.28. The van der Waals surface area contributed by atoms with Crippen LogP contribution in [0.25, 0.3) is 0 Å². The first kappa shape index (κ1) is 19.4. The number of amides is 2. The van der Waals surface area contributed by atoms with Crippen molar-refractivity contribution in [3.05, 3.63) is 48.3 Å². The van der Waals surface area contributed by atoms with E-state index >= 15 is 0 Å². The molecule has 0 radical (unpaired) electrons. The predicted octanol–water partition coefficient (Wildman–Crippen LogP) is 3.00. The third-order valence-corrected chi connectivity index (χ3v) is 5.73. The number of nitrogens with zero attached hydrogens (tertiary/aromatic N) is 3. The molecule has 7 heteroatoms. The summed E-state index contributed by atoms with van der Waals surface area (Å²) in [6.07, 6.45) is 9.70. The Balaban J connectivity index is 1.32. The van der Waals surface area contributed by atoms with Crippen LogP contribution in [0.1, 0.15) is 48.9 Å². The van der Waals surface area contributed by atoms with Crippen molar-refractivity contribution in [1.82, 2.24) is 15.3 Å². The summed E-state index contributed by atoms with van der Waals surface area (Å²) in [6, 6.07) is 9.21. The SMILES string of the molecule is O=C(NC1CCCC1)c1ccc(NC(=O)C2CCCN(c3ncccn3)C2)cc1. The van der Waals surface area contributed by atoms with Crippen molar-refractivity contribution in [2.75, 3.05) is 23.3 Å². The van der Waals surface area contributed by atoms with Crippen molar-refractivity contribution in [1.29, 1.82) is 0 Å². The maximum absolute atomic E-state index is 12.7. The van der Waals surface area contributed by atoms with Gasteiger partial charge in [0.25, 0.3) is 5.91 Å². The van der Waals surface area contributed by atoms with Gasteiger partial charge in [-0.15, -0.1) is 0 Å². The predicted molar refractivity (Wildman–Crippen MR) is 112 cm³/mol. The quantitative estimate of drug-likeness (QED) is 0.815. The van der Waals surface area contributed by atoms with Crippen LogP contribution in [0, 0.1) is 5.92 Å². The van der Waals surface area contributed by atoms with Gasteiger partial charge in [-0.05, 0) is 56.0 Å². The summed E-state index contributed by atoms with van der Waals surface area (Å²) in [4.78, 5) is 35.7. The molecular weight excluding hydrogens is 366 g/mol. The molecule has 1 saturated carbocycles. The van der Waals surface area contributed by atoms with E-state index < -0.39 is 0 Å². The Morgan fingerprint density at radius 1 is 0.966 bits per heavy atom. The Labute approximate surface area is 170 Å². The Bertz CT molecular complexity index is 834. The molecule has 1 aliphatic heterocycles.